The van der Waals surface area contributed by atoms with Crippen molar-refractivity contribution in [3.63, 3.8) is 0 Å². The van der Waals surface area contributed by atoms with Crippen LogP contribution in [0.1, 0.15) is 40.0 Å². The lowest BCUT2D eigenvalue weighted by Crippen LogP contribution is -2.41. The van der Waals surface area contributed by atoms with Gasteiger partial charge in [-0.15, -0.1) is 0 Å². The van der Waals surface area contributed by atoms with E-state index in [2.05, 4.69) is 20.8 Å². The molecule has 2 fully saturated rings. The maximum atomic E-state index is 12.0. The summed E-state index contributed by atoms with van der Waals surface area (Å²) in [5.41, 5.74) is -0.774. The van der Waals surface area contributed by atoms with Crippen molar-refractivity contribution in [3.05, 3.63) is 0 Å². The number of methoxy groups -OCH3 is 1. The second-order valence-corrected chi connectivity index (χ2v) is 5.84. The molecule has 0 saturated heterocycles. The second kappa shape index (κ2) is 2.76. The van der Waals surface area contributed by atoms with Crippen molar-refractivity contribution in [2.45, 2.75) is 46.1 Å². The maximum absolute atomic E-state index is 12.0. The van der Waals surface area contributed by atoms with Gasteiger partial charge in [0.15, 0.2) is 0 Å². The SMILES string of the molecule is COC(=O)[C@]12CC[C@](C)([C@@H](O)C1)C2(C)C. The molecule has 0 unspecified atom stereocenters. The van der Waals surface area contributed by atoms with E-state index in [1.165, 1.54) is 7.11 Å². The van der Waals surface area contributed by atoms with Gasteiger partial charge in [0.2, 0.25) is 0 Å². The van der Waals surface area contributed by atoms with Crippen molar-refractivity contribution in [1.29, 1.82) is 0 Å². The summed E-state index contributed by atoms with van der Waals surface area (Å²) < 4.78 is 4.93. The smallest absolute Gasteiger partial charge is 0.312 e. The lowest BCUT2D eigenvalue weighted by Gasteiger charge is -2.39. The van der Waals surface area contributed by atoms with Crippen molar-refractivity contribution in [1.82, 2.24) is 0 Å². The quantitative estimate of drug-likeness (QED) is 0.673. The molecule has 2 bridgehead atoms. The minimum absolute atomic E-state index is 0.138. The Morgan fingerprint density at radius 1 is 1.33 bits per heavy atom. The molecule has 0 heterocycles. The molecule has 2 rings (SSSR count). The van der Waals surface area contributed by atoms with Crippen LogP contribution >= 0.6 is 0 Å². The van der Waals surface area contributed by atoms with Crippen LogP contribution in [-0.4, -0.2) is 24.3 Å². The molecule has 1 N–H and O–H groups in total. The summed E-state index contributed by atoms with van der Waals surface area (Å²) in [5, 5.41) is 10.1. The van der Waals surface area contributed by atoms with E-state index in [-0.39, 0.29) is 22.9 Å². The first kappa shape index (κ1) is 10.9. The van der Waals surface area contributed by atoms with Gasteiger partial charge in [-0.05, 0) is 30.1 Å². The van der Waals surface area contributed by atoms with Gasteiger partial charge in [-0.2, -0.15) is 0 Å². The first-order chi connectivity index (χ1) is 6.82. The Morgan fingerprint density at radius 3 is 2.27 bits per heavy atom. The van der Waals surface area contributed by atoms with Crippen molar-refractivity contribution >= 4 is 5.97 Å². The van der Waals surface area contributed by atoms with E-state index in [0.29, 0.717) is 6.42 Å². The van der Waals surface area contributed by atoms with Gasteiger partial charge in [-0.3, -0.25) is 4.79 Å². The molecule has 2 saturated carbocycles. The van der Waals surface area contributed by atoms with Gasteiger partial charge in [-0.25, -0.2) is 0 Å². The van der Waals surface area contributed by atoms with E-state index in [9.17, 15) is 9.90 Å². The Hall–Kier alpha value is -0.570. The van der Waals surface area contributed by atoms with Crippen molar-refractivity contribution in [3.8, 4) is 0 Å². The molecule has 0 aromatic carbocycles. The number of carbonyl (C=O) groups excluding carboxylic acids is 1. The summed E-state index contributed by atoms with van der Waals surface area (Å²) in [5.74, 6) is -0.146. The second-order valence-electron chi connectivity index (χ2n) is 5.84. The number of aliphatic hydroxyl groups is 1. The fraction of sp³-hybridized carbons (Fsp3) is 0.917. The summed E-state index contributed by atoms with van der Waals surface area (Å²) in [4.78, 5) is 12.0. The van der Waals surface area contributed by atoms with Crippen LogP contribution in [0.3, 0.4) is 0 Å². The molecule has 0 aromatic heterocycles. The predicted octanol–water partition coefficient (Wildman–Crippen LogP) is 1.74. The third-order valence-corrected chi connectivity index (χ3v) is 5.55. The highest BCUT2D eigenvalue weighted by Crippen LogP contribution is 2.72. The normalized spacial score (nSPS) is 46.9. The van der Waals surface area contributed by atoms with Crippen LogP contribution in [0.25, 0.3) is 0 Å². The van der Waals surface area contributed by atoms with Crippen LogP contribution in [0.15, 0.2) is 0 Å². The molecule has 0 amide bonds. The van der Waals surface area contributed by atoms with E-state index in [0.717, 1.165) is 12.8 Å². The summed E-state index contributed by atoms with van der Waals surface area (Å²) in [6.07, 6.45) is 1.94. The number of ether oxygens (including phenoxy) is 1. The molecule has 3 heteroatoms. The summed E-state index contributed by atoms with van der Waals surface area (Å²) in [6.45, 7) is 6.27. The maximum Gasteiger partial charge on any atom is 0.312 e. The molecule has 3 atom stereocenters. The molecule has 2 aliphatic carbocycles. The Kier molecular flexibility index (Phi) is 2.01. The number of hydrogen-bond acceptors (Lipinski definition) is 3. The monoisotopic (exact) mass is 212 g/mol. The first-order valence-corrected chi connectivity index (χ1v) is 5.58. The van der Waals surface area contributed by atoms with Crippen LogP contribution in [0.5, 0.6) is 0 Å². The average molecular weight is 212 g/mol. The lowest BCUT2D eigenvalue weighted by atomic mass is 9.65. The van der Waals surface area contributed by atoms with Gasteiger partial charge in [0.05, 0.1) is 18.6 Å². The highest BCUT2D eigenvalue weighted by molar-refractivity contribution is 5.79. The largest absolute Gasteiger partial charge is 0.469 e. The molecule has 2 aliphatic rings. The van der Waals surface area contributed by atoms with Crippen molar-refractivity contribution in [2.24, 2.45) is 16.2 Å². The Balaban J connectivity index is 2.49. The Bertz CT molecular complexity index is 310. The van der Waals surface area contributed by atoms with Crippen LogP contribution < -0.4 is 0 Å². The zero-order chi connectivity index (χ0) is 11.5. The third-order valence-electron chi connectivity index (χ3n) is 5.55. The fourth-order valence-electron chi connectivity index (χ4n) is 3.78. The molecule has 0 aliphatic heterocycles. The molecule has 86 valence electrons. The van der Waals surface area contributed by atoms with E-state index in [4.69, 9.17) is 4.74 Å². The number of carbonyl (C=O) groups is 1. The summed E-state index contributed by atoms with van der Waals surface area (Å²) >= 11 is 0. The highest BCUT2D eigenvalue weighted by Gasteiger charge is 2.72. The minimum atomic E-state index is -0.462. The molecular formula is C12H20O3. The van der Waals surface area contributed by atoms with E-state index in [1.54, 1.807) is 0 Å². The molecule has 15 heavy (non-hydrogen) atoms. The standard InChI is InChI=1S/C12H20O3/c1-10(2)11(3)5-6-12(10,7-8(11)13)9(14)15-4/h8,13H,5-7H2,1-4H3/t8-,11+,12-/m0/s1. The Morgan fingerprint density at radius 2 is 1.93 bits per heavy atom. The average Bonchev–Trinajstić information content (AvgIpc) is 2.47. The fourth-order valence-corrected chi connectivity index (χ4v) is 3.78. The molecule has 0 radical (unpaired) electrons. The number of hydrogen-bond donors (Lipinski definition) is 1. The zero-order valence-corrected chi connectivity index (χ0v) is 9.96. The molecule has 0 spiro atoms. The van der Waals surface area contributed by atoms with Crippen LogP contribution in [0, 0.1) is 16.2 Å². The molecular weight excluding hydrogens is 192 g/mol. The highest BCUT2D eigenvalue weighted by atomic mass is 16.5. The van der Waals surface area contributed by atoms with Gasteiger partial charge in [0.25, 0.3) is 0 Å². The molecule has 0 aromatic rings. The van der Waals surface area contributed by atoms with Gasteiger partial charge < -0.3 is 9.84 Å². The van der Waals surface area contributed by atoms with E-state index < -0.39 is 5.41 Å². The predicted molar refractivity (Wildman–Crippen MR) is 56.2 cm³/mol. The third kappa shape index (κ3) is 0.930. The van der Waals surface area contributed by atoms with Gasteiger partial charge in [0, 0.05) is 0 Å². The topological polar surface area (TPSA) is 46.5 Å². The van der Waals surface area contributed by atoms with E-state index in [1.807, 2.05) is 0 Å². The van der Waals surface area contributed by atoms with Gasteiger partial charge in [0.1, 0.15) is 0 Å². The van der Waals surface area contributed by atoms with Crippen LogP contribution in [-0.2, 0) is 9.53 Å². The van der Waals surface area contributed by atoms with Crippen molar-refractivity contribution < 1.29 is 14.6 Å². The van der Waals surface area contributed by atoms with Crippen LogP contribution in [0.2, 0.25) is 0 Å². The lowest BCUT2D eigenvalue weighted by molar-refractivity contribution is -0.158. The Labute approximate surface area is 90.8 Å². The number of rotatable bonds is 1. The van der Waals surface area contributed by atoms with Crippen LogP contribution in [0.4, 0.5) is 0 Å². The number of esters is 1. The van der Waals surface area contributed by atoms with Crippen molar-refractivity contribution in [2.75, 3.05) is 7.11 Å². The van der Waals surface area contributed by atoms with Gasteiger partial charge >= 0.3 is 5.97 Å². The summed E-state index contributed by atoms with van der Waals surface area (Å²) in [6, 6.07) is 0. The summed E-state index contributed by atoms with van der Waals surface area (Å²) in [7, 11) is 1.44. The first-order valence-electron chi connectivity index (χ1n) is 5.58. The minimum Gasteiger partial charge on any atom is -0.469 e. The zero-order valence-electron chi connectivity index (χ0n) is 9.96. The number of fused-ring (bicyclic) bond motifs is 2. The van der Waals surface area contributed by atoms with E-state index >= 15 is 0 Å². The number of aliphatic hydroxyl groups excluding tert-OH is 1. The van der Waals surface area contributed by atoms with Gasteiger partial charge in [-0.1, -0.05) is 20.8 Å². The molecule has 3 nitrogen and oxygen atoms in total.